The van der Waals surface area contributed by atoms with Gasteiger partial charge >= 0.3 is 0 Å². The fourth-order valence-corrected chi connectivity index (χ4v) is 1.81. The highest BCUT2D eigenvalue weighted by Gasteiger charge is 2.11. The highest BCUT2D eigenvalue weighted by Crippen LogP contribution is 2.18. The van der Waals surface area contributed by atoms with Crippen molar-refractivity contribution in [3.05, 3.63) is 29.7 Å². The van der Waals surface area contributed by atoms with Crippen molar-refractivity contribution < 1.29 is 9.21 Å². The molecule has 0 aliphatic heterocycles. The summed E-state index contributed by atoms with van der Waals surface area (Å²) >= 11 is 0. The fraction of sp³-hybridized carbons (Fsp3) is 0.429. The largest absolute Gasteiger partial charge is 0.441 e. The summed E-state index contributed by atoms with van der Waals surface area (Å²) in [6.07, 6.45) is 0.581. The number of rotatable bonds is 5. The quantitative estimate of drug-likeness (QED) is 0.852. The number of aromatic nitrogens is 1. The van der Waals surface area contributed by atoms with Crippen molar-refractivity contribution in [2.75, 3.05) is 13.1 Å². The van der Waals surface area contributed by atoms with Crippen LogP contribution in [-0.2, 0) is 11.2 Å². The van der Waals surface area contributed by atoms with Gasteiger partial charge in [0.2, 0.25) is 5.91 Å². The lowest BCUT2D eigenvalue weighted by Gasteiger charge is -2.08. The summed E-state index contributed by atoms with van der Waals surface area (Å²) in [6, 6.07) is 5.84. The normalized spacial score (nSPS) is 12.6. The number of aryl methyl sites for hydroxylation is 1. The van der Waals surface area contributed by atoms with Gasteiger partial charge in [-0.25, -0.2) is 4.98 Å². The van der Waals surface area contributed by atoms with Gasteiger partial charge in [-0.1, -0.05) is 19.1 Å². The molecule has 1 amide bonds. The van der Waals surface area contributed by atoms with Crippen LogP contribution in [0, 0.1) is 12.8 Å². The van der Waals surface area contributed by atoms with Crippen LogP contribution in [0.15, 0.2) is 22.6 Å². The van der Waals surface area contributed by atoms with E-state index in [1.807, 2.05) is 25.1 Å². The Labute approximate surface area is 112 Å². The zero-order chi connectivity index (χ0) is 13.8. The van der Waals surface area contributed by atoms with Gasteiger partial charge in [0.15, 0.2) is 11.5 Å². The maximum absolute atomic E-state index is 11.5. The van der Waals surface area contributed by atoms with Gasteiger partial charge in [0.05, 0.1) is 0 Å². The first-order chi connectivity index (χ1) is 9.11. The molecule has 1 atom stereocenters. The van der Waals surface area contributed by atoms with Crippen LogP contribution < -0.4 is 11.1 Å². The van der Waals surface area contributed by atoms with Crippen molar-refractivity contribution in [1.82, 2.24) is 10.3 Å². The number of hydrogen-bond donors (Lipinski definition) is 2. The third-order valence-corrected chi connectivity index (χ3v) is 3.10. The molecular weight excluding hydrogens is 242 g/mol. The molecule has 0 fully saturated rings. The minimum absolute atomic E-state index is 0.0326. The average molecular weight is 261 g/mol. The van der Waals surface area contributed by atoms with Crippen molar-refractivity contribution in [3.63, 3.8) is 0 Å². The van der Waals surface area contributed by atoms with Crippen LogP contribution in [-0.4, -0.2) is 24.0 Å². The van der Waals surface area contributed by atoms with Crippen molar-refractivity contribution in [1.29, 1.82) is 0 Å². The van der Waals surface area contributed by atoms with E-state index in [1.54, 1.807) is 6.92 Å². The van der Waals surface area contributed by atoms with Crippen LogP contribution >= 0.6 is 0 Å². The van der Waals surface area contributed by atoms with E-state index in [4.69, 9.17) is 10.2 Å². The van der Waals surface area contributed by atoms with Gasteiger partial charge < -0.3 is 15.5 Å². The number of benzene rings is 1. The molecular formula is C14H19N3O2. The number of nitrogens with zero attached hydrogens (tertiary/aromatic N) is 1. The monoisotopic (exact) mass is 261 g/mol. The summed E-state index contributed by atoms with van der Waals surface area (Å²) < 4.78 is 5.63. The molecule has 0 bridgehead atoms. The summed E-state index contributed by atoms with van der Waals surface area (Å²) in [7, 11) is 0. The highest BCUT2D eigenvalue weighted by molar-refractivity contribution is 5.78. The molecule has 1 heterocycles. The molecule has 102 valence electrons. The van der Waals surface area contributed by atoms with Crippen LogP contribution in [0.1, 0.15) is 18.4 Å². The molecule has 1 aromatic heterocycles. The second kappa shape index (κ2) is 5.84. The number of fused-ring (bicyclic) bond motifs is 1. The molecule has 0 saturated carbocycles. The van der Waals surface area contributed by atoms with E-state index in [0.717, 1.165) is 16.7 Å². The van der Waals surface area contributed by atoms with Crippen molar-refractivity contribution >= 4 is 17.0 Å². The van der Waals surface area contributed by atoms with Gasteiger partial charge in [-0.15, -0.1) is 0 Å². The molecule has 5 heteroatoms. The minimum atomic E-state index is -0.161. The van der Waals surface area contributed by atoms with Gasteiger partial charge in [-0.05, 0) is 18.6 Å². The van der Waals surface area contributed by atoms with Gasteiger partial charge in [0.1, 0.15) is 5.52 Å². The molecule has 3 N–H and O–H groups in total. The molecule has 0 saturated heterocycles. The molecule has 1 aromatic carbocycles. The van der Waals surface area contributed by atoms with Crippen LogP contribution in [0.3, 0.4) is 0 Å². The number of amides is 1. The lowest BCUT2D eigenvalue weighted by molar-refractivity contribution is -0.124. The van der Waals surface area contributed by atoms with E-state index >= 15 is 0 Å². The first-order valence-corrected chi connectivity index (χ1v) is 6.44. The second-order valence-corrected chi connectivity index (χ2v) is 4.71. The van der Waals surface area contributed by atoms with E-state index < -0.39 is 0 Å². The summed E-state index contributed by atoms with van der Waals surface area (Å²) in [6.45, 7) is 4.67. The average Bonchev–Trinajstić information content (AvgIpc) is 2.82. The number of carbonyl (C=O) groups excluding carboxylic acids is 1. The Morgan fingerprint density at radius 1 is 1.53 bits per heavy atom. The first kappa shape index (κ1) is 13.5. The Morgan fingerprint density at radius 3 is 3.00 bits per heavy atom. The van der Waals surface area contributed by atoms with Crippen molar-refractivity contribution in [2.45, 2.75) is 20.3 Å². The first-order valence-electron chi connectivity index (χ1n) is 6.44. The molecule has 1 unspecified atom stereocenters. The maximum atomic E-state index is 11.5. The second-order valence-electron chi connectivity index (χ2n) is 4.71. The standard InChI is InChI=1S/C14H19N3O2/c1-9-4-3-5-11-13(9)17-12(19-11)6-7-16-14(18)10(2)8-15/h3-5,10H,6-8,15H2,1-2H3,(H,16,18). The zero-order valence-corrected chi connectivity index (χ0v) is 11.3. The molecule has 0 spiro atoms. The fourth-order valence-electron chi connectivity index (χ4n) is 1.81. The Balaban J connectivity index is 1.95. The minimum Gasteiger partial charge on any atom is -0.441 e. The van der Waals surface area contributed by atoms with E-state index in [0.29, 0.717) is 25.4 Å². The number of nitrogens with one attached hydrogen (secondary N) is 1. The van der Waals surface area contributed by atoms with Crippen LogP contribution in [0.4, 0.5) is 0 Å². The van der Waals surface area contributed by atoms with Crippen LogP contribution in [0.5, 0.6) is 0 Å². The highest BCUT2D eigenvalue weighted by atomic mass is 16.3. The zero-order valence-electron chi connectivity index (χ0n) is 11.3. The smallest absolute Gasteiger partial charge is 0.224 e. The van der Waals surface area contributed by atoms with Gasteiger partial charge in [0, 0.05) is 25.4 Å². The SMILES string of the molecule is Cc1cccc2oc(CCNC(=O)C(C)CN)nc12. The van der Waals surface area contributed by atoms with Crippen LogP contribution in [0.2, 0.25) is 0 Å². The third-order valence-electron chi connectivity index (χ3n) is 3.10. The Kier molecular flexibility index (Phi) is 4.16. The summed E-state index contributed by atoms with van der Waals surface area (Å²) in [5.41, 5.74) is 8.20. The van der Waals surface area contributed by atoms with E-state index in [-0.39, 0.29) is 11.8 Å². The topological polar surface area (TPSA) is 81.2 Å². The number of hydrogen-bond acceptors (Lipinski definition) is 4. The summed E-state index contributed by atoms with van der Waals surface area (Å²) in [4.78, 5) is 16.0. The lowest BCUT2D eigenvalue weighted by atomic mass is 10.2. The molecule has 5 nitrogen and oxygen atoms in total. The summed E-state index contributed by atoms with van der Waals surface area (Å²) in [5.74, 6) is 0.450. The third kappa shape index (κ3) is 3.12. The molecule has 0 aliphatic carbocycles. The molecule has 2 aromatic rings. The number of nitrogens with two attached hydrogens (primary N) is 1. The molecule has 2 rings (SSSR count). The summed E-state index contributed by atoms with van der Waals surface area (Å²) in [5, 5.41) is 2.82. The van der Waals surface area contributed by atoms with Gasteiger partial charge in [-0.2, -0.15) is 0 Å². The van der Waals surface area contributed by atoms with Crippen LogP contribution in [0.25, 0.3) is 11.1 Å². The van der Waals surface area contributed by atoms with Gasteiger partial charge in [-0.3, -0.25) is 4.79 Å². The predicted octanol–water partition coefficient (Wildman–Crippen LogP) is 1.39. The molecule has 0 aliphatic rings. The van der Waals surface area contributed by atoms with E-state index in [2.05, 4.69) is 10.3 Å². The van der Waals surface area contributed by atoms with E-state index in [1.165, 1.54) is 0 Å². The molecule has 19 heavy (non-hydrogen) atoms. The number of para-hydroxylation sites is 1. The Hall–Kier alpha value is -1.88. The Morgan fingerprint density at radius 2 is 2.32 bits per heavy atom. The van der Waals surface area contributed by atoms with E-state index in [9.17, 15) is 4.79 Å². The van der Waals surface area contributed by atoms with Crippen molar-refractivity contribution in [3.8, 4) is 0 Å². The van der Waals surface area contributed by atoms with Crippen molar-refractivity contribution in [2.24, 2.45) is 11.7 Å². The number of carbonyl (C=O) groups is 1. The molecule has 0 radical (unpaired) electrons. The predicted molar refractivity (Wildman–Crippen MR) is 73.7 cm³/mol. The maximum Gasteiger partial charge on any atom is 0.224 e. The Bertz CT molecular complexity index is 577. The van der Waals surface area contributed by atoms with Gasteiger partial charge in [0.25, 0.3) is 0 Å². The lowest BCUT2D eigenvalue weighted by Crippen LogP contribution is -2.34. The number of oxazole rings is 1.